The van der Waals surface area contributed by atoms with E-state index >= 15 is 0 Å². The fourth-order valence-corrected chi connectivity index (χ4v) is 2.72. The normalized spacial score (nSPS) is 14.5. The fourth-order valence-electron chi connectivity index (χ4n) is 2.72. The quantitative estimate of drug-likeness (QED) is 0.640. The van der Waals surface area contributed by atoms with Gasteiger partial charge in [0.1, 0.15) is 0 Å². The van der Waals surface area contributed by atoms with Crippen molar-refractivity contribution in [1.29, 1.82) is 0 Å². The number of hydrogen-bond donors (Lipinski definition) is 1. The maximum Gasteiger partial charge on any atom is 0.00665 e. The molecular weight excluding hydrogens is 220 g/mol. The van der Waals surface area contributed by atoms with Crippen molar-refractivity contribution in [3.8, 4) is 0 Å². The zero-order chi connectivity index (χ0) is 14.2. The predicted octanol–water partition coefficient (Wildman–Crippen LogP) is 3.77. The van der Waals surface area contributed by atoms with E-state index in [4.69, 9.17) is 0 Å². The zero-order valence-electron chi connectivity index (χ0n) is 13.8. The average Bonchev–Trinajstić information content (AvgIpc) is 2.33. The van der Waals surface area contributed by atoms with Crippen LogP contribution in [0.2, 0.25) is 0 Å². The smallest absolute Gasteiger partial charge is 0.00665 e. The van der Waals surface area contributed by atoms with Crippen LogP contribution >= 0.6 is 0 Å². The third-order valence-electron chi connectivity index (χ3n) is 4.40. The third-order valence-corrected chi connectivity index (χ3v) is 4.40. The Kier molecular flexibility index (Phi) is 8.89. The van der Waals surface area contributed by atoms with Gasteiger partial charge in [-0.2, -0.15) is 0 Å². The molecule has 1 atom stereocenters. The number of nitrogens with zero attached hydrogens (tertiary/aromatic N) is 1. The highest BCUT2D eigenvalue weighted by molar-refractivity contribution is 4.83. The van der Waals surface area contributed by atoms with E-state index in [1.165, 1.54) is 25.8 Å². The van der Waals surface area contributed by atoms with Gasteiger partial charge in [0.15, 0.2) is 0 Å². The van der Waals surface area contributed by atoms with Crippen LogP contribution in [0.15, 0.2) is 0 Å². The molecule has 110 valence electrons. The first-order chi connectivity index (χ1) is 8.40. The van der Waals surface area contributed by atoms with Gasteiger partial charge < -0.3 is 10.2 Å². The van der Waals surface area contributed by atoms with Crippen molar-refractivity contribution in [3.05, 3.63) is 0 Å². The minimum Gasteiger partial charge on any atom is -0.316 e. The molecule has 0 saturated carbocycles. The average molecular weight is 256 g/mol. The first kappa shape index (κ1) is 17.9. The molecule has 2 nitrogen and oxygen atoms in total. The van der Waals surface area contributed by atoms with Crippen LogP contribution in [0, 0.1) is 11.3 Å². The summed E-state index contributed by atoms with van der Waals surface area (Å²) in [6, 6.07) is 0.684. The van der Waals surface area contributed by atoms with Crippen molar-refractivity contribution in [2.24, 2.45) is 11.3 Å². The predicted molar refractivity (Wildman–Crippen MR) is 83.1 cm³/mol. The summed E-state index contributed by atoms with van der Waals surface area (Å²) in [6.45, 7) is 17.3. The van der Waals surface area contributed by atoms with E-state index < -0.39 is 0 Å². The molecule has 0 aliphatic rings. The molecule has 18 heavy (non-hydrogen) atoms. The van der Waals surface area contributed by atoms with Gasteiger partial charge in [-0.25, -0.2) is 0 Å². The third kappa shape index (κ3) is 6.19. The lowest BCUT2D eigenvalue weighted by molar-refractivity contribution is 0.119. The van der Waals surface area contributed by atoms with Crippen molar-refractivity contribution < 1.29 is 0 Å². The Bertz CT molecular complexity index is 197. The van der Waals surface area contributed by atoms with E-state index in [0.717, 1.165) is 19.0 Å². The second-order valence-electron chi connectivity index (χ2n) is 6.38. The minimum atomic E-state index is 0.440. The van der Waals surface area contributed by atoms with Gasteiger partial charge in [-0.1, -0.05) is 34.6 Å². The van der Waals surface area contributed by atoms with Crippen LogP contribution in [0.1, 0.15) is 60.8 Å². The van der Waals surface area contributed by atoms with Gasteiger partial charge in [-0.15, -0.1) is 0 Å². The van der Waals surface area contributed by atoms with Crippen LogP contribution in [0.25, 0.3) is 0 Å². The molecule has 0 bridgehead atoms. The Labute approximate surface area is 116 Å². The molecule has 0 rings (SSSR count). The Morgan fingerprint density at radius 1 is 1.06 bits per heavy atom. The van der Waals surface area contributed by atoms with Crippen molar-refractivity contribution in [3.63, 3.8) is 0 Å². The lowest BCUT2D eigenvalue weighted by Gasteiger charge is -2.38. The van der Waals surface area contributed by atoms with Crippen molar-refractivity contribution in [1.82, 2.24) is 10.2 Å². The van der Waals surface area contributed by atoms with E-state index in [0.29, 0.717) is 11.5 Å². The van der Waals surface area contributed by atoms with Crippen LogP contribution in [0.4, 0.5) is 0 Å². The Balaban J connectivity index is 4.46. The molecule has 0 heterocycles. The van der Waals surface area contributed by atoms with E-state index in [1.54, 1.807) is 0 Å². The Morgan fingerprint density at radius 2 is 1.61 bits per heavy atom. The molecule has 0 aromatic rings. The highest BCUT2D eigenvalue weighted by Crippen LogP contribution is 2.27. The minimum absolute atomic E-state index is 0.440. The molecule has 0 aromatic heterocycles. The van der Waals surface area contributed by atoms with Crippen molar-refractivity contribution in [2.45, 2.75) is 66.8 Å². The highest BCUT2D eigenvalue weighted by atomic mass is 15.1. The summed E-state index contributed by atoms with van der Waals surface area (Å²) >= 11 is 0. The second-order valence-corrected chi connectivity index (χ2v) is 6.38. The van der Waals surface area contributed by atoms with Gasteiger partial charge in [-0.3, -0.25) is 0 Å². The summed E-state index contributed by atoms with van der Waals surface area (Å²) < 4.78 is 0. The molecule has 0 aromatic carbocycles. The van der Waals surface area contributed by atoms with Crippen LogP contribution in [-0.2, 0) is 0 Å². The molecule has 2 heteroatoms. The largest absolute Gasteiger partial charge is 0.316 e. The van der Waals surface area contributed by atoms with Gasteiger partial charge in [0.05, 0.1) is 0 Å². The monoisotopic (exact) mass is 256 g/mol. The summed E-state index contributed by atoms with van der Waals surface area (Å²) in [5.74, 6) is 0.786. The van der Waals surface area contributed by atoms with Crippen LogP contribution < -0.4 is 5.32 Å². The van der Waals surface area contributed by atoms with E-state index in [1.807, 2.05) is 0 Å². The van der Waals surface area contributed by atoms with E-state index in [2.05, 4.69) is 58.8 Å². The van der Waals surface area contributed by atoms with Gasteiger partial charge in [0.2, 0.25) is 0 Å². The number of rotatable bonds is 10. The van der Waals surface area contributed by atoms with Gasteiger partial charge in [0.25, 0.3) is 0 Å². The maximum absolute atomic E-state index is 3.55. The van der Waals surface area contributed by atoms with Crippen LogP contribution in [-0.4, -0.2) is 37.6 Å². The number of nitrogens with one attached hydrogen (secondary N) is 1. The standard InChI is InChI=1S/C16H36N2/c1-8-16(9-2,12-17-10-3)13-18(7)15(6)11-14(4)5/h14-15,17H,8-13H2,1-7H3. The molecule has 0 aliphatic heterocycles. The van der Waals surface area contributed by atoms with Gasteiger partial charge in [-0.05, 0) is 51.1 Å². The fraction of sp³-hybridized carbons (Fsp3) is 1.00. The molecule has 1 unspecified atom stereocenters. The molecule has 0 radical (unpaired) electrons. The molecule has 0 amide bonds. The molecule has 0 fully saturated rings. The summed E-state index contributed by atoms with van der Waals surface area (Å²) in [7, 11) is 2.29. The SMILES string of the molecule is CCNCC(CC)(CC)CN(C)C(C)CC(C)C. The molecule has 0 saturated heterocycles. The number of hydrogen-bond acceptors (Lipinski definition) is 2. The second kappa shape index (κ2) is 8.92. The van der Waals surface area contributed by atoms with E-state index in [-0.39, 0.29) is 0 Å². The lowest BCUT2D eigenvalue weighted by Crippen LogP contribution is -2.45. The zero-order valence-corrected chi connectivity index (χ0v) is 13.8. The first-order valence-electron chi connectivity index (χ1n) is 7.81. The molecule has 1 N–H and O–H groups in total. The summed E-state index contributed by atoms with van der Waals surface area (Å²) in [6.07, 6.45) is 3.81. The lowest BCUT2D eigenvalue weighted by atomic mass is 9.81. The van der Waals surface area contributed by atoms with Crippen molar-refractivity contribution >= 4 is 0 Å². The Hall–Kier alpha value is -0.0800. The summed E-state index contributed by atoms with van der Waals surface area (Å²) in [5, 5.41) is 3.55. The highest BCUT2D eigenvalue weighted by Gasteiger charge is 2.28. The molecular formula is C16H36N2. The summed E-state index contributed by atoms with van der Waals surface area (Å²) in [5.41, 5.74) is 0.440. The van der Waals surface area contributed by atoms with Gasteiger partial charge >= 0.3 is 0 Å². The van der Waals surface area contributed by atoms with E-state index in [9.17, 15) is 0 Å². The molecule has 0 spiro atoms. The summed E-state index contributed by atoms with van der Waals surface area (Å²) in [4.78, 5) is 2.56. The molecule has 0 aliphatic carbocycles. The first-order valence-corrected chi connectivity index (χ1v) is 7.81. The van der Waals surface area contributed by atoms with Gasteiger partial charge in [0, 0.05) is 19.1 Å². The maximum atomic E-state index is 3.55. The van der Waals surface area contributed by atoms with Crippen LogP contribution in [0.5, 0.6) is 0 Å². The Morgan fingerprint density at radius 3 is 2.00 bits per heavy atom. The topological polar surface area (TPSA) is 15.3 Å². The van der Waals surface area contributed by atoms with Crippen molar-refractivity contribution in [2.75, 3.05) is 26.7 Å². The van der Waals surface area contributed by atoms with Crippen LogP contribution in [0.3, 0.4) is 0 Å².